The fourth-order valence-electron chi connectivity index (χ4n) is 4.67. The molecule has 0 saturated carbocycles. The number of carbonyl (C=O) groups is 3. The van der Waals surface area contributed by atoms with Crippen LogP contribution >= 0.6 is 11.8 Å². The van der Waals surface area contributed by atoms with E-state index in [4.69, 9.17) is 9.73 Å². The van der Waals surface area contributed by atoms with E-state index in [0.29, 0.717) is 34.8 Å². The van der Waals surface area contributed by atoms with Crippen molar-refractivity contribution in [3.63, 3.8) is 0 Å². The Hall–Kier alpha value is -4.44. The van der Waals surface area contributed by atoms with Crippen LogP contribution in [0.25, 0.3) is 0 Å². The van der Waals surface area contributed by atoms with Crippen molar-refractivity contribution < 1.29 is 19.1 Å². The number of benzene rings is 3. The van der Waals surface area contributed by atoms with Crippen LogP contribution in [-0.2, 0) is 20.9 Å². The van der Waals surface area contributed by atoms with Gasteiger partial charge in [0.2, 0.25) is 11.8 Å². The van der Waals surface area contributed by atoms with Gasteiger partial charge in [-0.05, 0) is 59.9 Å². The molecule has 2 N–H and O–H groups in total. The molecule has 0 radical (unpaired) electrons. The minimum atomic E-state index is -0.711. The van der Waals surface area contributed by atoms with E-state index in [9.17, 15) is 14.4 Å². The summed E-state index contributed by atoms with van der Waals surface area (Å²) >= 11 is 1.19. The second-order valence-electron chi connectivity index (χ2n) is 10.3. The van der Waals surface area contributed by atoms with Crippen LogP contribution in [0.4, 0.5) is 11.4 Å². The predicted molar refractivity (Wildman–Crippen MR) is 166 cm³/mol. The summed E-state index contributed by atoms with van der Waals surface area (Å²) in [6, 6.07) is 22.0. The van der Waals surface area contributed by atoms with Gasteiger partial charge in [-0.25, -0.2) is 9.89 Å². The normalized spacial score (nSPS) is 15.5. The van der Waals surface area contributed by atoms with E-state index in [1.54, 1.807) is 7.11 Å². The van der Waals surface area contributed by atoms with Gasteiger partial charge in [-0.15, -0.1) is 0 Å². The quantitative estimate of drug-likeness (QED) is 0.339. The first-order valence-corrected chi connectivity index (χ1v) is 14.8. The maximum absolute atomic E-state index is 13.5. The molecule has 3 amide bonds. The Morgan fingerprint density at radius 1 is 1.00 bits per heavy atom. The van der Waals surface area contributed by atoms with Crippen molar-refractivity contribution in [1.82, 2.24) is 10.2 Å². The summed E-state index contributed by atoms with van der Waals surface area (Å²) in [6.07, 6.45) is 0.413. The number of nitrogens with one attached hydrogen (secondary N) is 2. The van der Waals surface area contributed by atoms with Crippen LogP contribution in [-0.4, -0.2) is 52.5 Å². The van der Waals surface area contributed by atoms with E-state index in [0.717, 1.165) is 16.9 Å². The minimum absolute atomic E-state index is 0.0719. The van der Waals surface area contributed by atoms with Crippen LogP contribution in [0.2, 0.25) is 0 Å². The third-order valence-corrected chi connectivity index (χ3v) is 7.97. The van der Waals surface area contributed by atoms with Crippen molar-refractivity contribution in [2.24, 2.45) is 9.98 Å². The number of nitrogens with zero attached hydrogens (tertiary/aromatic N) is 3. The molecule has 2 heterocycles. The molecule has 3 aromatic carbocycles. The molecule has 42 heavy (non-hydrogen) atoms. The molecule has 0 aliphatic carbocycles. The lowest BCUT2D eigenvalue weighted by atomic mass is 10.0. The van der Waals surface area contributed by atoms with Gasteiger partial charge < -0.3 is 15.4 Å². The Bertz CT molecular complexity index is 1530. The molecule has 1 atom stereocenters. The van der Waals surface area contributed by atoms with Gasteiger partial charge in [0.15, 0.2) is 5.17 Å². The van der Waals surface area contributed by atoms with E-state index < -0.39 is 6.04 Å². The lowest BCUT2D eigenvalue weighted by molar-refractivity contribution is -0.125. The number of methoxy groups -OCH3 is 1. The van der Waals surface area contributed by atoms with Crippen molar-refractivity contribution in [3.05, 3.63) is 89.5 Å². The van der Waals surface area contributed by atoms with Crippen LogP contribution in [0.3, 0.4) is 0 Å². The first kappa shape index (κ1) is 29.1. The van der Waals surface area contributed by atoms with Crippen molar-refractivity contribution in [2.75, 3.05) is 18.2 Å². The molecule has 216 valence electrons. The molecule has 0 fully saturated rings. The van der Waals surface area contributed by atoms with Crippen LogP contribution in [0.5, 0.6) is 5.75 Å². The number of aliphatic imine (C=N–C) groups is 2. The van der Waals surface area contributed by atoms with E-state index in [1.807, 2.05) is 72.8 Å². The summed E-state index contributed by atoms with van der Waals surface area (Å²) in [7, 11) is 1.60. The molecular formula is C32H33N5O4S. The zero-order valence-corrected chi connectivity index (χ0v) is 24.6. The summed E-state index contributed by atoms with van der Waals surface area (Å²) in [5.41, 5.74) is 4.29. The van der Waals surface area contributed by atoms with Crippen molar-refractivity contribution in [2.45, 2.75) is 45.2 Å². The Balaban J connectivity index is 1.21. The maximum Gasteiger partial charge on any atom is 0.259 e. The molecule has 9 nitrogen and oxygen atoms in total. The average molecular weight is 584 g/mol. The highest BCUT2D eigenvalue weighted by Gasteiger charge is 2.41. The highest BCUT2D eigenvalue weighted by Crippen LogP contribution is 2.34. The van der Waals surface area contributed by atoms with Gasteiger partial charge in [0.05, 0.1) is 18.6 Å². The largest absolute Gasteiger partial charge is 0.497 e. The van der Waals surface area contributed by atoms with Crippen molar-refractivity contribution in [1.29, 1.82) is 0 Å². The van der Waals surface area contributed by atoms with E-state index in [1.165, 1.54) is 22.2 Å². The molecule has 0 spiro atoms. The first-order chi connectivity index (χ1) is 20.3. The van der Waals surface area contributed by atoms with Crippen LogP contribution in [0, 0.1) is 0 Å². The number of amidine groups is 2. The van der Waals surface area contributed by atoms with Crippen LogP contribution in [0.1, 0.15) is 49.3 Å². The SMILES string of the molecule is COc1ccc(CNC(=O)CC[C@H]2N=C3c4ccccc4N=C(SCC(=O)Nc4ccc(C(C)C)cc4)N3C2=O)cc1. The van der Waals surface area contributed by atoms with Crippen LogP contribution < -0.4 is 15.4 Å². The van der Waals surface area contributed by atoms with Crippen LogP contribution in [0.15, 0.2) is 82.8 Å². The van der Waals surface area contributed by atoms with E-state index >= 15 is 0 Å². The van der Waals surface area contributed by atoms with Gasteiger partial charge in [0.25, 0.3) is 5.91 Å². The average Bonchev–Trinajstić information content (AvgIpc) is 3.34. The zero-order chi connectivity index (χ0) is 29.6. The monoisotopic (exact) mass is 583 g/mol. The van der Waals surface area contributed by atoms with Crippen molar-refractivity contribution >= 4 is 51.9 Å². The number of rotatable bonds is 10. The summed E-state index contributed by atoms with van der Waals surface area (Å²) in [5, 5.41) is 6.21. The number of para-hydroxylation sites is 1. The number of amides is 3. The molecule has 10 heteroatoms. The molecule has 0 saturated heterocycles. The number of hydrogen-bond acceptors (Lipinski definition) is 7. The van der Waals surface area contributed by atoms with Gasteiger partial charge in [0, 0.05) is 24.2 Å². The van der Waals surface area contributed by atoms with Gasteiger partial charge in [-0.3, -0.25) is 19.4 Å². The summed E-state index contributed by atoms with van der Waals surface area (Å²) in [5.74, 6) is 1.12. The first-order valence-electron chi connectivity index (χ1n) is 13.8. The number of fused-ring (bicyclic) bond motifs is 3. The Kier molecular flexibility index (Phi) is 9.02. The molecule has 3 aromatic rings. The summed E-state index contributed by atoms with van der Waals surface area (Å²) in [4.78, 5) is 49.7. The van der Waals surface area contributed by atoms with Crippen molar-refractivity contribution in [3.8, 4) is 5.75 Å². The number of hydrogen-bond donors (Lipinski definition) is 2. The highest BCUT2D eigenvalue weighted by atomic mass is 32.2. The number of anilines is 1. The molecule has 2 aliphatic rings. The summed E-state index contributed by atoms with van der Waals surface area (Å²) in [6.45, 7) is 4.62. The van der Waals surface area contributed by atoms with E-state index in [2.05, 4.69) is 29.5 Å². The number of thioether (sulfide) groups is 1. The second kappa shape index (κ2) is 13.0. The molecule has 0 aromatic heterocycles. The zero-order valence-electron chi connectivity index (χ0n) is 23.8. The smallest absolute Gasteiger partial charge is 0.259 e. The Labute approximate surface area is 249 Å². The lowest BCUT2D eigenvalue weighted by Gasteiger charge is -2.25. The third kappa shape index (κ3) is 6.71. The standard InChI is InChI=1S/C32H33N5O4S/c1-20(2)22-10-12-23(13-11-22)34-29(39)19-42-32-36-26-7-5-4-6-25(26)30-35-27(31(40)37(30)32)16-17-28(38)33-18-21-8-14-24(41-3)15-9-21/h4-15,20,27H,16-19H2,1-3H3,(H,33,38)(H,34,39)/t27-/m1/s1. The van der Waals surface area contributed by atoms with Gasteiger partial charge in [-0.2, -0.15) is 0 Å². The number of ether oxygens (including phenoxy) is 1. The molecule has 2 aliphatic heterocycles. The third-order valence-electron chi connectivity index (χ3n) is 7.03. The van der Waals surface area contributed by atoms with Gasteiger partial charge in [-0.1, -0.05) is 62.0 Å². The van der Waals surface area contributed by atoms with Gasteiger partial charge >= 0.3 is 0 Å². The fraction of sp³-hybridized carbons (Fsp3) is 0.281. The molecular weight excluding hydrogens is 550 g/mol. The van der Waals surface area contributed by atoms with Gasteiger partial charge in [0.1, 0.15) is 17.6 Å². The Morgan fingerprint density at radius 2 is 1.74 bits per heavy atom. The highest BCUT2D eigenvalue weighted by molar-refractivity contribution is 8.14. The molecule has 0 bridgehead atoms. The summed E-state index contributed by atoms with van der Waals surface area (Å²) < 4.78 is 5.17. The molecule has 5 rings (SSSR count). The second-order valence-corrected chi connectivity index (χ2v) is 11.3. The number of carbonyl (C=O) groups excluding carboxylic acids is 3. The maximum atomic E-state index is 13.5. The topological polar surface area (TPSA) is 112 Å². The molecule has 0 unspecified atom stereocenters. The van der Waals surface area contributed by atoms with E-state index in [-0.39, 0.29) is 36.3 Å². The minimum Gasteiger partial charge on any atom is -0.497 e. The predicted octanol–water partition coefficient (Wildman–Crippen LogP) is 5.25. The fourth-order valence-corrected chi connectivity index (χ4v) is 5.47. The lowest BCUT2D eigenvalue weighted by Crippen LogP contribution is -2.41. The Morgan fingerprint density at radius 3 is 2.45 bits per heavy atom.